The maximum atomic E-state index is 12.3. The predicted octanol–water partition coefficient (Wildman–Crippen LogP) is 1.91. The van der Waals surface area contributed by atoms with Crippen molar-refractivity contribution in [1.29, 1.82) is 0 Å². The van der Waals surface area contributed by atoms with E-state index >= 15 is 0 Å². The maximum absolute atomic E-state index is 12.3. The second-order valence-corrected chi connectivity index (χ2v) is 6.29. The molecule has 0 radical (unpaired) electrons. The molecule has 1 unspecified atom stereocenters. The molecular weight excluding hydrogens is 328 g/mol. The molecule has 0 bridgehead atoms. The summed E-state index contributed by atoms with van der Waals surface area (Å²) in [6.07, 6.45) is 0.0267. The van der Waals surface area contributed by atoms with E-state index in [0.717, 1.165) is 0 Å². The highest BCUT2D eigenvalue weighted by molar-refractivity contribution is 5.95. The van der Waals surface area contributed by atoms with E-state index in [1.165, 1.54) is 14.2 Å². The molecular formula is C18H24O7. The zero-order valence-corrected chi connectivity index (χ0v) is 15.2. The third-order valence-electron chi connectivity index (χ3n) is 3.15. The van der Waals surface area contributed by atoms with Crippen molar-refractivity contribution in [3.8, 4) is 5.75 Å². The lowest BCUT2D eigenvalue weighted by Gasteiger charge is -2.23. The number of benzene rings is 1. The van der Waals surface area contributed by atoms with E-state index in [-0.39, 0.29) is 13.0 Å². The molecule has 7 heteroatoms. The summed E-state index contributed by atoms with van der Waals surface area (Å²) in [5.74, 6) is -2.66. The van der Waals surface area contributed by atoms with Crippen LogP contribution in [0.15, 0.2) is 24.3 Å². The average molecular weight is 352 g/mol. The van der Waals surface area contributed by atoms with Crippen LogP contribution in [0.3, 0.4) is 0 Å². The molecule has 0 spiro atoms. The highest BCUT2D eigenvalue weighted by atomic mass is 16.6. The SMILES string of the molecule is COC(=O)COc1ccccc1CC(C(=O)OC)C(=O)OC(C)(C)C. The molecule has 0 N–H and O–H groups in total. The van der Waals surface area contributed by atoms with Gasteiger partial charge in [-0.25, -0.2) is 4.79 Å². The third kappa shape index (κ3) is 6.82. The molecule has 1 atom stereocenters. The Kier molecular flexibility index (Phi) is 7.42. The Morgan fingerprint density at radius 1 is 1.00 bits per heavy atom. The summed E-state index contributed by atoms with van der Waals surface area (Å²) >= 11 is 0. The summed E-state index contributed by atoms with van der Waals surface area (Å²) in [5.41, 5.74) is -0.155. The highest BCUT2D eigenvalue weighted by Crippen LogP contribution is 2.24. The Morgan fingerprint density at radius 2 is 1.64 bits per heavy atom. The van der Waals surface area contributed by atoms with Crippen LogP contribution in [0.1, 0.15) is 26.3 Å². The summed E-state index contributed by atoms with van der Waals surface area (Å²) in [6, 6.07) is 6.80. The lowest BCUT2D eigenvalue weighted by molar-refractivity contribution is -0.168. The zero-order chi connectivity index (χ0) is 19.0. The van der Waals surface area contributed by atoms with Gasteiger partial charge in [-0.1, -0.05) is 18.2 Å². The van der Waals surface area contributed by atoms with Crippen molar-refractivity contribution in [3.05, 3.63) is 29.8 Å². The number of hydrogen-bond acceptors (Lipinski definition) is 7. The van der Waals surface area contributed by atoms with Gasteiger partial charge in [0.25, 0.3) is 0 Å². The standard InChI is InChI=1S/C18H24O7/c1-18(2,3)25-17(21)13(16(20)23-5)10-12-8-6-7-9-14(12)24-11-15(19)22-4/h6-9,13H,10-11H2,1-5H3. The first-order valence-corrected chi connectivity index (χ1v) is 7.76. The zero-order valence-electron chi connectivity index (χ0n) is 15.2. The molecule has 7 nitrogen and oxygen atoms in total. The van der Waals surface area contributed by atoms with Crippen molar-refractivity contribution in [1.82, 2.24) is 0 Å². The first-order valence-electron chi connectivity index (χ1n) is 7.76. The van der Waals surface area contributed by atoms with Crippen LogP contribution in [0, 0.1) is 5.92 Å². The van der Waals surface area contributed by atoms with Crippen LogP contribution in [-0.4, -0.2) is 44.3 Å². The fraction of sp³-hybridized carbons (Fsp3) is 0.500. The van der Waals surface area contributed by atoms with Gasteiger partial charge in [-0.3, -0.25) is 9.59 Å². The van der Waals surface area contributed by atoms with Crippen molar-refractivity contribution in [2.75, 3.05) is 20.8 Å². The highest BCUT2D eigenvalue weighted by Gasteiger charge is 2.33. The van der Waals surface area contributed by atoms with Crippen LogP contribution >= 0.6 is 0 Å². The molecule has 0 aliphatic carbocycles. The van der Waals surface area contributed by atoms with Crippen molar-refractivity contribution >= 4 is 17.9 Å². The number of esters is 3. The fourth-order valence-electron chi connectivity index (χ4n) is 2.01. The summed E-state index contributed by atoms with van der Waals surface area (Å²) in [7, 11) is 2.47. The third-order valence-corrected chi connectivity index (χ3v) is 3.15. The summed E-state index contributed by atoms with van der Waals surface area (Å²) in [5, 5.41) is 0. The second-order valence-electron chi connectivity index (χ2n) is 6.29. The largest absolute Gasteiger partial charge is 0.482 e. The van der Waals surface area contributed by atoms with Crippen LogP contribution in [-0.2, 0) is 35.0 Å². The van der Waals surface area contributed by atoms with E-state index in [1.807, 2.05) is 0 Å². The number of hydrogen-bond donors (Lipinski definition) is 0. The van der Waals surface area contributed by atoms with Gasteiger partial charge in [-0.2, -0.15) is 0 Å². The minimum atomic E-state index is -1.13. The van der Waals surface area contributed by atoms with Gasteiger partial charge in [0, 0.05) is 0 Å². The van der Waals surface area contributed by atoms with E-state index < -0.39 is 29.4 Å². The molecule has 0 amide bonds. The van der Waals surface area contributed by atoms with Crippen molar-refractivity contribution in [2.45, 2.75) is 32.8 Å². The van der Waals surface area contributed by atoms with Gasteiger partial charge in [0.2, 0.25) is 0 Å². The van der Waals surface area contributed by atoms with Gasteiger partial charge >= 0.3 is 17.9 Å². The average Bonchev–Trinajstić information content (AvgIpc) is 2.55. The first kappa shape index (κ1) is 20.5. The number of carbonyl (C=O) groups is 3. The van der Waals surface area contributed by atoms with Crippen LogP contribution in [0.4, 0.5) is 0 Å². The van der Waals surface area contributed by atoms with E-state index in [0.29, 0.717) is 11.3 Å². The van der Waals surface area contributed by atoms with Crippen LogP contribution in [0.5, 0.6) is 5.75 Å². The lowest BCUT2D eigenvalue weighted by Crippen LogP contribution is -2.34. The van der Waals surface area contributed by atoms with Gasteiger partial charge in [0.1, 0.15) is 11.4 Å². The summed E-state index contributed by atoms with van der Waals surface area (Å²) in [6.45, 7) is 4.87. The van der Waals surface area contributed by atoms with E-state index in [2.05, 4.69) is 4.74 Å². The van der Waals surface area contributed by atoms with Crippen molar-refractivity contribution in [3.63, 3.8) is 0 Å². The van der Waals surface area contributed by atoms with E-state index in [9.17, 15) is 14.4 Å². The van der Waals surface area contributed by atoms with Crippen LogP contribution in [0.2, 0.25) is 0 Å². The van der Waals surface area contributed by atoms with Crippen molar-refractivity contribution in [2.24, 2.45) is 5.92 Å². The predicted molar refractivity (Wildman–Crippen MR) is 89.0 cm³/mol. The van der Waals surface area contributed by atoms with Gasteiger partial charge in [0.15, 0.2) is 12.5 Å². The monoisotopic (exact) mass is 352 g/mol. The van der Waals surface area contributed by atoms with Crippen LogP contribution < -0.4 is 4.74 Å². The van der Waals surface area contributed by atoms with Gasteiger partial charge in [-0.05, 0) is 38.8 Å². The molecule has 1 aromatic carbocycles. The number of carbonyl (C=O) groups excluding carboxylic acids is 3. The summed E-state index contributed by atoms with van der Waals surface area (Å²) in [4.78, 5) is 35.6. The number of para-hydroxylation sites is 1. The minimum absolute atomic E-state index is 0.0267. The fourth-order valence-corrected chi connectivity index (χ4v) is 2.01. The molecule has 25 heavy (non-hydrogen) atoms. The quantitative estimate of drug-likeness (QED) is 0.421. The molecule has 0 saturated carbocycles. The van der Waals surface area contributed by atoms with E-state index in [1.54, 1.807) is 45.0 Å². The Balaban J connectivity index is 2.99. The molecule has 0 aliphatic heterocycles. The van der Waals surface area contributed by atoms with Gasteiger partial charge in [-0.15, -0.1) is 0 Å². The molecule has 1 rings (SSSR count). The molecule has 0 saturated heterocycles. The maximum Gasteiger partial charge on any atom is 0.343 e. The number of ether oxygens (including phenoxy) is 4. The normalized spacial score (nSPS) is 12.0. The minimum Gasteiger partial charge on any atom is -0.482 e. The summed E-state index contributed by atoms with van der Waals surface area (Å²) < 4.78 is 20.0. The molecule has 0 heterocycles. The Morgan fingerprint density at radius 3 is 2.20 bits per heavy atom. The molecule has 0 fully saturated rings. The van der Waals surface area contributed by atoms with Crippen LogP contribution in [0.25, 0.3) is 0 Å². The van der Waals surface area contributed by atoms with E-state index in [4.69, 9.17) is 14.2 Å². The smallest absolute Gasteiger partial charge is 0.343 e. The Labute approximate surface area is 147 Å². The molecule has 0 aliphatic rings. The number of rotatable bonds is 7. The topological polar surface area (TPSA) is 88.1 Å². The molecule has 1 aromatic rings. The number of methoxy groups -OCH3 is 2. The van der Waals surface area contributed by atoms with Crippen molar-refractivity contribution < 1.29 is 33.3 Å². The first-order chi connectivity index (χ1) is 11.7. The second kappa shape index (κ2) is 9.05. The van der Waals surface area contributed by atoms with Gasteiger partial charge < -0.3 is 18.9 Å². The Bertz CT molecular complexity index is 616. The lowest BCUT2D eigenvalue weighted by atomic mass is 9.98. The molecule has 0 aromatic heterocycles. The molecule has 138 valence electrons. The van der Waals surface area contributed by atoms with Gasteiger partial charge in [0.05, 0.1) is 14.2 Å². The Hall–Kier alpha value is -2.57.